The molecular formula is C8H9ClN4O2S. The number of nitrogens with one attached hydrogen (secondary N) is 1. The van der Waals surface area contributed by atoms with Gasteiger partial charge in [0.15, 0.2) is 0 Å². The lowest BCUT2D eigenvalue weighted by Crippen LogP contribution is -2.22. The zero-order chi connectivity index (χ0) is 12.2. The third-order valence-corrected chi connectivity index (χ3v) is 2.84. The number of nitriles is 1. The van der Waals surface area contributed by atoms with Crippen molar-refractivity contribution in [2.45, 2.75) is 0 Å². The van der Waals surface area contributed by atoms with E-state index >= 15 is 0 Å². The van der Waals surface area contributed by atoms with Gasteiger partial charge in [0.1, 0.15) is 16.9 Å². The van der Waals surface area contributed by atoms with Crippen molar-refractivity contribution in [3.05, 3.63) is 22.8 Å². The summed E-state index contributed by atoms with van der Waals surface area (Å²) in [5.74, 6) is 0.0336. The van der Waals surface area contributed by atoms with Crippen molar-refractivity contribution in [2.24, 2.45) is 5.14 Å². The summed E-state index contributed by atoms with van der Waals surface area (Å²) in [5, 5.41) is 16.4. The Labute approximate surface area is 98.1 Å². The molecule has 0 spiro atoms. The van der Waals surface area contributed by atoms with E-state index < -0.39 is 10.0 Å². The second-order valence-electron chi connectivity index (χ2n) is 2.93. The highest BCUT2D eigenvalue weighted by Gasteiger charge is 2.08. The van der Waals surface area contributed by atoms with Gasteiger partial charge in [-0.25, -0.2) is 18.5 Å². The summed E-state index contributed by atoms with van der Waals surface area (Å²) in [6.45, 7) is 0.0838. The molecule has 0 aliphatic rings. The summed E-state index contributed by atoms with van der Waals surface area (Å²) in [6.07, 6.45) is 1.41. The average Bonchev–Trinajstić information content (AvgIpc) is 2.19. The zero-order valence-corrected chi connectivity index (χ0v) is 9.72. The van der Waals surface area contributed by atoms with Crippen LogP contribution in [0.25, 0.3) is 0 Å². The Balaban J connectivity index is 2.73. The Bertz CT molecular complexity index is 523. The highest BCUT2D eigenvalue weighted by Crippen LogP contribution is 2.22. The second-order valence-corrected chi connectivity index (χ2v) is 5.04. The molecule has 0 aromatic carbocycles. The normalized spacial score (nSPS) is 10.8. The van der Waals surface area contributed by atoms with Crippen LogP contribution in [0.3, 0.4) is 0 Å². The summed E-state index contributed by atoms with van der Waals surface area (Å²) >= 11 is 5.83. The van der Waals surface area contributed by atoms with Crippen LogP contribution < -0.4 is 10.5 Å². The van der Waals surface area contributed by atoms with Gasteiger partial charge in [-0.15, -0.1) is 0 Å². The molecule has 0 bridgehead atoms. The van der Waals surface area contributed by atoms with Crippen molar-refractivity contribution in [2.75, 3.05) is 17.6 Å². The SMILES string of the molecule is N#Cc1ccnc(NCCS(N)(=O)=O)c1Cl. The van der Waals surface area contributed by atoms with Crippen LogP contribution in [0.15, 0.2) is 12.3 Å². The van der Waals surface area contributed by atoms with Crippen molar-refractivity contribution in [1.82, 2.24) is 4.98 Å². The molecule has 0 fully saturated rings. The van der Waals surface area contributed by atoms with Gasteiger partial charge in [0.05, 0.1) is 11.3 Å². The molecule has 0 atom stereocenters. The number of hydrogen-bond donors (Lipinski definition) is 2. The first-order valence-electron chi connectivity index (χ1n) is 4.23. The summed E-state index contributed by atoms with van der Waals surface area (Å²) in [4.78, 5) is 3.88. The van der Waals surface area contributed by atoms with Crippen LogP contribution in [0.5, 0.6) is 0 Å². The van der Waals surface area contributed by atoms with Crippen molar-refractivity contribution in [1.29, 1.82) is 5.26 Å². The van der Waals surface area contributed by atoms with Crippen molar-refractivity contribution in [3.8, 4) is 6.07 Å². The molecule has 6 nitrogen and oxygen atoms in total. The van der Waals surface area contributed by atoms with Gasteiger partial charge in [0.2, 0.25) is 10.0 Å². The fraction of sp³-hybridized carbons (Fsp3) is 0.250. The Morgan fingerprint density at radius 2 is 2.31 bits per heavy atom. The second kappa shape index (κ2) is 5.12. The number of primary sulfonamides is 1. The Hall–Kier alpha value is -1.36. The van der Waals surface area contributed by atoms with Gasteiger partial charge in [-0.3, -0.25) is 0 Å². The summed E-state index contributed by atoms with van der Waals surface area (Å²) in [7, 11) is -3.52. The molecule has 8 heteroatoms. The predicted molar refractivity (Wildman–Crippen MR) is 60.4 cm³/mol. The summed E-state index contributed by atoms with van der Waals surface area (Å²) in [6, 6.07) is 3.35. The maximum atomic E-state index is 10.7. The minimum atomic E-state index is -3.52. The number of hydrogen-bond acceptors (Lipinski definition) is 5. The van der Waals surface area contributed by atoms with E-state index in [4.69, 9.17) is 22.0 Å². The highest BCUT2D eigenvalue weighted by atomic mass is 35.5. The van der Waals surface area contributed by atoms with Crippen LogP contribution in [0.1, 0.15) is 5.56 Å². The first kappa shape index (κ1) is 12.7. The molecule has 1 heterocycles. The third-order valence-electron chi connectivity index (χ3n) is 1.69. The Morgan fingerprint density at radius 1 is 1.62 bits per heavy atom. The fourth-order valence-electron chi connectivity index (χ4n) is 0.965. The minimum Gasteiger partial charge on any atom is -0.368 e. The van der Waals surface area contributed by atoms with Crippen LogP contribution in [0.2, 0.25) is 5.02 Å². The lowest BCUT2D eigenvalue weighted by Gasteiger charge is -2.06. The molecule has 1 rings (SSSR count). The van der Waals surface area contributed by atoms with E-state index in [1.54, 1.807) is 0 Å². The van der Waals surface area contributed by atoms with Crippen LogP contribution in [-0.2, 0) is 10.0 Å². The molecule has 1 aromatic heterocycles. The third kappa shape index (κ3) is 3.66. The summed E-state index contributed by atoms with van der Waals surface area (Å²) < 4.78 is 21.3. The van der Waals surface area contributed by atoms with E-state index in [2.05, 4.69) is 10.3 Å². The first-order valence-corrected chi connectivity index (χ1v) is 6.32. The van der Waals surface area contributed by atoms with Crippen molar-refractivity contribution in [3.63, 3.8) is 0 Å². The van der Waals surface area contributed by atoms with Crippen LogP contribution in [-0.4, -0.2) is 25.7 Å². The number of aromatic nitrogens is 1. The maximum absolute atomic E-state index is 10.7. The highest BCUT2D eigenvalue weighted by molar-refractivity contribution is 7.89. The molecule has 16 heavy (non-hydrogen) atoms. The number of anilines is 1. The molecule has 0 aliphatic heterocycles. The zero-order valence-electron chi connectivity index (χ0n) is 8.14. The van der Waals surface area contributed by atoms with Crippen LogP contribution in [0, 0.1) is 11.3 Å². The average molecular weight is 261 g/mol. The number of pyridine rings is 1. The molecule has 3 N–H and O–H groups in total. The van der Waals surface area contributed by atoms with Crippen LogP contribution in [0.4, 0.5) is 5.82 Å². The topological polar surface area (TPSA) is 109 Å². The van der Waals surface area contributed by atoms with Crippen molar-refractivity contribution < 1.29 is 8.42 Å². The van der Waals surface area contributed by atoms with E-state index in [1.807, 2.05) is 6.07 Å². The molecule has 0 amide bonds. The van der Waals surface area contributed by atoms with Gasteiger partial charge in [-0.2, -0.15) is 5.26 Å². The quantitative estimate of drug-likeness (QED) is 0.810. The van der Waals surface area contributed by atoms with Crippen LogP contribution >= 0.6 is 11.6 Å². The van der Waals surface area contributed by atoms with Gasteiger partial charge in [-0.1, -0.05) is 11.6 Å². The van der Waals surface area contributed by atoms with E-state index in [9.17, 15) is 8.42 Å². The number of nitrogens with two attached hydrogens (primary N) is 1. The Kier molecular flexibility index (Phi) is 4.06. The van der Waals surface area contributed by atoms with Gasteiger partial charge < -0.3 is 5.32 Å². The summed E-state index contributed by atoms with van der Waals surface area (Å²) in [5.41, 5.74) is 0.273. The van der Waals surface area contributed by atoms with E-state index in [0.717, 1.165) is 0 Å². The first-order chi connectivity index (χ1) is 7.44. The Morgan fingerprint density at radius 3 is 2.88 bits per heavy atom. The van der Waals surface area contributed by atoms with E-state index in [-0.39, 0.29) is 28.7 Å². The minimum absolute atomic E-state index is 0.0838. The number of halogens is 1. The molecular weight excluding hydrogens is 252 g/mol. The maximum Gasteiger partial charge on any atom is 0.210 e. The molecule has 86 valence electrons. The van der Waals surface area contributed by atoms with Gasteiger partial charge in [-0.05, 0) is 6.07 Å². The number of sulfonamides is 1. The smallest absolute Gasteiger partial charge is 0.210 e. The van der Waals surface area contributed by atoms with Gasteiger partial charge >= 0.3 is 0 Å². The van der Waals surface area contributed by atoms with E-state index in [1.165, 1.54) is 12.3 Å². The molecule has 0 aliphatic carbocycles. The largest absolute Gasteiger partial charge is 0.368 e. The monoisotopic (exact) mass is 260 g/mol. The van der Waals surface area contributed by atoms with Crippen molar-refractivity contribution >= 4 is 27.4 Å². The molecule has 1 aromatic rings. The van der Waals surface area contributed by atoms with E-state index in [0.29, 0.717) is 0 Å². The molecule has 0 saturated heterocycles. The molecule has 0 radical (unpaired) electrons. The number of nitrogens with zero attached hydrogens (tertiary/aromatic N) is 2. The lowest BCUT2D eigenvalue weighted by molar-refractivity contribution is 0.598. The van der Waals surface area contributed by atoms with Gasteiger partial charge in [0, 0.05) is 12.7 Å². The molecule has 0 saturated carbocycles. The fourth-order valence-corrected chi connectivity index (χ4v) is 1.57. The predicted octanol–water partition coefficient (Wildman–Crippen LogP) is 0.307. The molecule has 0 unspecified atom stereocenters. The lowest BCUT2D eigenvalue weighted by atomic mass is 10.3. The standard InChI is InChI=1S/C8H9ClN4O2S/c9-7-6(5-10)1-2-12-8(7)13-3-4-16(11,14)15/h1-2H,3-4H2,(H,12,13)(H2,11,14,15). The number of rotatable bonds is 4. The van der Waals surface area contributed by atoms with Gasteiger partial charge in [0.25, 0.3) is 0 Å².